The number of nitrogens with two attached hydrogens (primary N) is 1. The third kappa shape index (κ3) is 6.50. The van der Waals surface area contributed by atoms with Crippen LogP contribution >= 0.6 is 0 Å². The average molecular weight is 276 g/mol. The molecular weight excluding hydrogens is 252 g/mol. The standard InChI is InChI=1S/C16H24N2O2/c1-2-12-20-15(13-14-8-4-3-5-9-14)16(19)18-11-7-6-10-17/h3-9,15H,2,10-13,17H2,1H3,(H,18,19). The Kier molecular flexibility index (Phi) is 8.35. The number of ether oxygens (including phenoxy) is 1. The molecule has 1 aromatic rings. The maximum absolute atomic E-state index is 12.1. The van der Waals surface area contributed by atoms with Gasteiger partial charge in [-0.1, -0.05) is 49.4 Å². The van der Waals surface area contributed by atoms with Crippen LogP contribution in [-0.2, 0) is 16.0 Å². The number of carbonyl (C=O) groups is 1. The summed E-state index contributed by atoms with van der Waals surface area (Å²) in [6.45, 7) is 3.58. The SMILES string of the molecule is CCCOC(Cc1ccccc1)C(=O)NCC=CCN. The summed E-state index contributed by atoms with van der Waals surface area (Å²) < 4.78 is 5.65. The topological polar surface area (TPSA) is 64.3 Å². The van der Waals surface area contributed by atoms with E-state index >= 15 is 0 Å². The van der Waals surface area contributed by atoms with E-state index in [1.807, 2.05) is 49.4 Å². The van der Waals surface area contributed by atoms with Gasteiger partial charge in [-0.25, -0.2) is 0 Å². The second-order valence-electron chi connectivity index (χ2n) is 4.50. The number of amides is 1. The third-order valence-corrected chi connectivity index (χ3v) is 2.78. The van der Waals surface area contributed by atoms with Gasteiger partial charge in [-0.05, 0) is 12.0 Å². The lowest BCUT2D eigenvalue weighted by molar-refractivity contribution is -0.132. The van der Waals surface area contributed by atoms with Crippen LogP contribution in [0, 0.1) is 0 Å². The molecule has 0 saturated carbocycles. The maximum atomic E-state index is 12.1. The Labute approximate surface area is 121 Å². The lowest BCUT2D eigenvalue weighted by atomic mass is 10.1. The molecule has 0 aliphatic rings. The van der Waals surface area contributed by atoms with E-state index in [0.29, 0.717) is 26.1 Å². The van der Waals surface area contributed by atoms with Gasteiger partial charge in [0.2, 0.25) is 5.91 Å². The summed E-state index contributed by atoms with van der Waals surface area (Å²) >= 11 is 0. The van der Waals surface area contributed by atoms with E-state index in [-0.39, 0.29) is 5.91 Å². The molecule has 0 aromatic heterocycles. The van der Waals surface area contributed by atoms with Gasteiger partial charge in [0, 0.05) is 26.1 Å². The number of nitrogens with one attached hydrogen (secondary N) is 1. The van der Waals surface area contributed by atoms with Gasteiger partial charge in [0.25, 0.3) is 0 Å². The van der Waals surface area contributed by atoms with Crippen molar-refractivity contribution >= 4 is 5.91 Å². The molecule has 1 aromatic carbocycles. The molecule has 1 unspecified atom stereocenters. The van der Waals surface area contributed by atoms with Crippen LogP contribution in [0.5, 0.6) is 0 Å². The van der Waals surface area contributed by atoms with E-state index in [4.69, 9.17) is 10.5 Å². The summed E-state index contributed by atoms with van der Waals surface area (Å²) in [5, 5.41) is 2.84. The first-order chi connectivity index (χ1) is 9.77. The lowest BCUT2D eigenvalue weighted by Gasteiger charge is -2.17. The summed E-state index contributed by atoms with van der Waals surface area (Å²) in [6, 6.07) is 9.90. The summed E-state index contributed by atoms with van der Waals surface area (Å²) in [5.74, 6) is -0.0797. The molecule has 0 saturated heterocycles. The van der Waals surface area contributed by atoms with Gasteiger partial charge in [0.1, 0.15) is 6.10 Å². The highest BCUT2D eigenvalue weighted by atomic mass is 16.5. The highest BCUT2D eigenvalue weighted by Crippen LogP contribution is 2.07. The van der Waals surface area contributed by atoms with Crippen LogP contribution in [0.4, 0.5) is 0 Å². The highest BCUT2D eigenvalue weighted by molar-refractivity contribution is 5.81. The van der Waals surface area contributed by atoms with Gasteiger partial charge in [-0.3, -0.25) is 4.79 Å². The van der Waals surface area contributed by atoms with E-state index in [1.54, 1.807) is 0 Å². The van der Waals surface area contributed by atoms with Crippen LogP contribution < -0.4 is 11.1 Å². The molecule has 0 fully saturated rings. The van der Waals surface area contributed by atoms with E-state index in [2.05, 4.69) is 5.32 Å². The fourth-order valence-electron chi connectivity index (χ4n) is 1.77. The number of carbonyl (C=O) groups excluding carboxylic acids is 1. The predicted molar refractivity (Wildman–Crippen MR) is 81.4 cm³/mol. The first-order valence-electron chi connectivity index (χ1n) is 7.06. The molecule has 110 valence electrons. The van der Waals surface area contributed by atoms with E-state index in [9.17, 15) is 4.79 Å². The Morgan fingerprint density at radius 1 is 1.35 bits per heavy atom. The second kappa shape index (κ2) is 10.2. The minimum atomic E-state index is -0.441. The molecule has 0 radical (unpaired) electrons. The third-order valence-electron chi connectivity index (χ3n) is 2.78. The van der Waals surface area contributed by atoms with Crippen LogP contribution in [0.2, 0.25) is 0 Å². The zero-order valence-corrected chi connectivity index (χ0v) is 12.0. The molecule has 1 atom stereocenters. The number of benzene rings is 1. The minimum absolute atomic E-state index is 0.0797. The summed E-state index contributed by atoms with van der Waals surface area (Å²) in [4.78, 5) is 12.1. The number of hydrogen-bond acceptors (Lipinski definition) is 3. The fourth-order valence-corrected chi connectivity index (χ4v) is 1.77. The Balaban J connectivity index is 2.54. The van der Waals surface area contributed by atoms with E-state index in [0.717, 1.165) is 12.0 Å². The molecule has 3 N–H and O–H groups in total. The normalized spacial score (nSPS) is 12.5. The quantitative estimate of drug-likeness (QED) is 0.674. The Morgan fingerprint density at radius 3 is 2.75 bits per heavy atom. The first-order valence-corrected chi connectivity index (χ1v) is 7.06. The number of hydrogen-bond donors (Lipinski definition) is 2. The zero-order chi connectivity index (χ0) is 14.6. The van der Waals surface area contributed by atoms with Crippen molar-refractivity contribution in [2.75, 3.05) is 19.7 Å². The minimum Gasteiger partial charge on any atom is -0.368 e. The largest absolute Gasteiger partial charge is 0.368 e. The monoisotopic (exact) mass is 276 g/mol. The molecule has 4 nitrogen and oxygen atoms in total. The van der Waals surface area contributed by atoms with Crippen LogP contribution in [0.15, 0.2) is 42.5 Å². The second-order valence-corrected chi connectivity index (χ2v) is 4.50. The van der Waals surface area contributed by atoms with Gasteiger partial charge in [0.05, 0.1) is 0 Å². The van der Waals surface area contributed by atoms with Gasteiger partial charge in [0.15, 0.2) is 0 Å². The fraction of sp³-hybridized carbons (Fsp3) is 0.438. The molecule has 4 heteroatoms. The van der Waals surface area contributed by atoms with Gasteiger partial charge >= 0.3 is 0 Å². The van der Waals surface area contributed by atoms with Crippen LogP contribution in [0.3, 0.4) is 0 Å². The summed E-state index contributed by atoms with van der Waals surface area (Å²) in [7, 11) is 0. The van der Waals surface area contributed by atoms with Crippen molar-refractivity contribution < 1.29 is 9.53 Å². The van der Waals surface area contributed by atoms with Gasteiger partial charge in [-0.2, -0.15) is 0 Å². The Hall–Kier alpha value is -1.65. The van der Waals surface area contributed by atoms with Crippen LogP contribution in [-0.4, -0.2) is 31.7 Å². The van der Waals surface area contributed by atoms with Crippen LogP contribution in [0.1, 0.15) is 18.9 Å². The number of rotatable bonds is 9. The van der Waals surface area contributed by atoms with Crippen molar-refractivity contribution in [2.24, 2.45) is 5.73 Å². The lowest BCUT2D eigenvalue weighted by Crippen LogP contribution is -2.38. The summed E-state index contributed by atoms with van der Waals surface area (Å²) in [5.41, 5.74) is 6.45. The maximum Gasteiger partial charge on any atom is 0.249 e. The molecule has 0 spiro atoms. The molecule has 1 rings (SSSR count). The molecule has 0 heterocycles. The van der Waals surface area contributed by atoms with Crippen molar-refractivity contribution in [3.8, 4) is 0 Å². The highest BCUT2D eigenvalue weighted by Gasteiger charge is 2.18. The van der Waals surface area contributed by atoms with Crippen molar-refractivity contribution in [3.63, 3.8) is 0 Å². The zero-order valence-electron chi connectivity index (χ0n) is 12.0. The Morgan fingerprint density at radius 2 is 2.10 bits per heavy atom. The first kappa shape index (κ1) is 16.4. The predicted octanol–water partition coefficient (Wildman–Crippen LogP) is 1.66. The van der Waals surface area contributed by atoms with Gasteiger partial charge < -0.3 is 15.8 Å². The molecule has 0 aliphatic heterocycles. The van der Waals surface area contributed by atoms with Crippen molar-refractivity contribution in [2.45, 2.75) is 25.9 Å². The molecule has 0 aliphatic carbocycles. The average Bonchev–Trinajstić information content (AvgIpc) is 2.48. The smallest absolute Gasteiger partial charge is 0.249 e. The molecule has 0 bridgehead atoms. The van der Waals surface area contributed by atoms with Crippen molar-refractivity contribution in [3.05, 3.63) is 48.0 Å². The summed E-state index contributed by atoms with van der Waals surface area (Å²) in [6.07, 6.45) is 4.71. The van der Waals surface area contributed by atoms with Gasteiger partial charge in [-0.15, -0.1) is 0 Å². The molecule has 20 heavy (non-hydrogen) atoms. The van der Waals surface area contributed by atoms with Crippen molar-refractivity contribution in [1.82, 2.24) is 5.32 Å². The van der Waals surface area contributed by atoms with Crippen LogP contribution in [0.25, 0.3) is 0 Å². The van der Waals surface area contributed by atoms with E-state index < -0.39 is 6.10 Å². The van der Waals surface area contributed by atoms with E-state index in [1.165, 1.54) is 0 Å². The Bertz CT molecular complexity index is 404. The molecular formula is C16H24N2O2. The molecule has 1 amide bonds. The van der Waals surface area contributed by atoms with Crippen molar-refractivity contribution in [1.29, 1.82) is 0 Å².